The molecule has 1 aliphatic heterocycles. The Kier molecular flexibility index (Phi) is 3.90. The lowest BCUT2D eigenvalue weighted by Crippen LogP contribution is -2.53. The van der Waals surface area contributed by atoms with Gasteiger partial charge in [-0.2, -0.15) is 4.31 Å². The zero-order valence-corrected chi connectivity index (χ0v) is 13.0. The first kappa shape index (κ1) is 15.7. The van der Waals surface area contributed by atoms with E-state index in [1.165, 1.54) is 12.1 Å². The maximum Gasteiger partial charge on any atom is 0.244 e. The molecule has 0 saturated carbocycles. The van der Waals surface area contributed by atoms with Crippen molar-refractivity contribution in [2.75, 3.05) is 13.1 Å². The summed E-state index contributed by atoms with van der Waals surface area (Å²) >= 11 is 0. The van der Waals surface area contributed by atoms with E-state index >= 15 is 0 Å². The van der Waals surface area contributed by atoms with Crippen LogP contribution in [0.4, 0.5) is 0 Å². The highest BCUT2D eigenvalue weighted by Gasteiger charge is 2.32. The molecule has 0 aliphatic carbocycles. The number of carbonyl (C=O) groups excluding carboxylic acids is 2. The lowest BCUT2D eigenvalue weighted by Gasteiger charge is -2.25. The molecule has 6 nitrogen and oxygen atoms in total. The lowest BCUT2D eigenvalue weighted by atomic mass is 9.87. The molecule has 21 heavy (non-hydrogen) atoms. The predicted octanol–water partition coefficient (Wildman–Crippen LogP) is 0.631. The first-order valence-corrected chi connectivity index (χ1v) is 7.98. The Morgan fingerprint density at radius 2 is 1.48 bits per heavy atom. The van der Waals surface area contributed by atoms with Crippen molar-refractivity contribution in [1.29, 1.82) is 0 Å². The van der Waals surface area contributed by atoms with Gasteiger partial charge in [0.05, 0.1) is 18.0 Å². The van der Waals surface area contributed by atoms with E-state index in [9.17, 15) is 18.0 Å². The van der Waals surface area contributed by atoms with Crippen molar-refractivity contribution in [3.63, 3.8) is 0 Å². The van der Waals surface area contributed by atoms with E-state index in [0.29, 0.717) is 0 Å². The normalized spacial score (nSPS) is 17.7. The second-order valence-electron chi connectivity index (χ2n) is 6.02. The molecule has 0 unspecified atom stereocenters. The second kappa shape index (κ2) is 5.23. The van der Waals surface area contributed by atoms with E-state index < -0.39 is 21.8 Å². The first-order chi connectivity index (χ1) is 9.60. The van der Waals surface area contributed by atoms with E-state index in [2.05, 4.69) is 5.32 Å². The van der Waals surface area contributed by atoms with Crippen molar-refractivity contribution < 1.29 is 18.0 Å². The van der Waals surface area contributed by atoms with Crippen LogP contribution in [0, 0.1) is 0 Å². The van der Waals surface area contributed by atoms with Gasteiger partial charge in [0.2, 0.25) is 21.8 Å². The molecular weight excluding hydrogens is 292 g/mol. The number of nitrogens with zero attached hydrogens (tertiary/aromatic N) is 1. The number of hydrogen-bond donors (Lipinski definition) is 1. The Labute approximate surface area is 124 Å². The molecule has 114 valence electrons. The van der Waals surface area contributed by atoms with Gasteiger partial charge in [0, 0.05) is 0 Å². The average molecular weight is 310 g/mol. The highest BCUT2D eigenvalue weighted by molar-refractivity contribution is 7.89. The van der Waals surface area contributed by atoms with Gasteiger partial charge in [-0.3, -0.25) is 14.9 Å². The van der Waals surface area contributed by atoms with Crippen LogP contribution in [-0.4, -0.2) is 37.6 Å². The molecule has 1 aliphatic rings. The summed E-state index contributed by atoms with van der Waals surface area (Å²) in [4.78, 5) is 22.7. The summed E-state index contributed by atoms with van der Waals surface area (Å²) in [5.41, 5.74) is 0.928. The van der Waals surface area contributed by atoms with Gasteiger partial charge in [0.25, 0.3) is 0 Å². The Balaban J connectivity index is 2.31. The van der Waals surface area contributed by atoms with Crippen LogP contribution in [0.15, 0.2) is 29.2 Å². The van der Waals surface area contributed by atoms with Crippen LogP contribution in [-0.2, 0) is 25.0 Å². The predicted molar refractivity (Wildman–Crippen MR) is 77.1 cm³/mol. The Morgan fingerprint density at radius 3 is 1.90 bits per heavy atom. The van der Waals surface area contributed by atoms with Crippen molar-refractivity contribution in [2.45, 2.75) is 31.1 Å². The van der Waals surface area contributed by atoms with Crippen LogP contribution < -0.4 is 5.32 Å². The largest absolute Gasteiger partial charge is 0.294 e. The van der Waals surface area contributed by atoms with Crippen LogP contribution in [0.5, 0.6) is 0 Å². The standard InChI is InChI=1S/C14H18N2O4S/c1-14(2,3)10-4-6-11(7-5-10)21(19,20)16-8-12(17)15-13(18)9-16/h4-7H,8-9H2,1-3H3,(H,15,17,18). The molecule has 0 radical (unpaired) electrons. The molecule has 0 spiro atoms. The number of imide groups is 1. The van der Waals surface area contributed by atoms with Gasteiger partial charge >= 0.3 is 0 Å². The number of carbonyl (C=O) groups is 2. The second-order valence-corrected chi connectivity index (χ2v) is 7.96. The minimum atomic E-state index is -3.84. The summed E-state index contributed by atoms with van der Waals surface area (Å²) in [5.74, 6) is -1.22. The van der Waals surface area contributed by atoms with E-state index in [1.54, 1.807) is 12.1 Å². The van der Waals surface area contributed by atoms with Crippen molar-refractivity contribution in [3.05, 3.63) is 29.8 Å². The average Bonchev–Trinajstić information content (AvgIpc) is 2.36. The van der Waals surface area contributed by atoms with Crippen molar-refractivity contribution in [1.82, 2.24) is 9.62 Å². The molecule has 2 rings (SSSR count). The Morgan fingerprint density at radius 1 is 1.00 bits per heavy atom. The SMILES string of the molecule is CC(C)(C)c1ccc(S(=O)(=O)N2CC(=O)NC(=O)C2)cc1. The lowest BCUT2D eigenvalue weighted by molar-refractivity contribution is -0.134. The fourth-order valence-corrected chi connectivity index (χ4v) is 3.41. The Bertz CT molecular complexity index is 656. The van der Waals surface area contributed by atoms with Gasteiger partial charge in [-0.1, -0.05) is 32.9 Å². The van der Waals surface area contributed by atoms with Crippen molar-refractivity contribution in [3.8, 4) is 0 Å². The van der Waals surface area contributed by atoms with E-state index in [4.69, 9.17) is 0 Å². The van der Waals surface area contributed by atoms with Gasteiger partial charge in [-0.15, -0.1) is 0 Å². The molecule has 1 aromatic carbocycles. The fraction of sp³-hybridized carbons (Fsp3) is 0.429. The smallest absolute Gasteiger partial charge is 0.244 e. The molecule has 0 bridgehead atoms. The van der Waals surface area contributed by atoms with Crippen molar-refractivity contribution in [2.24, 2.45) is 0 Å². The summed E-state index contributed by atoms with van der Waals surface area (Å²) in [6, 6.07) is 6.51. The molecule has 1 heterocycles. The van der Waals surface area contributed by atoms with Crippen LogP contribution in [0.2, 0.25) is 0 Å². The summed E-state index contributed by atoms with van der Waals surface area (Å²) in [6.07, 6.45) is 0. The van der Waals surface area contributed by atoms with Gasteiger partial charge in [0.1, 0.15) is 0 Å². The monoisotopic (exact) mass is 310 g/mol. The van der Waals surface area contributed by atoms with E-state index in [0.717, 1.165) is 9.87 Å². The quantitative estimate of drug-likeness (QED) is 0.812. The van der Waals surface area contributed by atoms with Gasteiger partial charge in [0.15, 0.2) is 0 Å². The number of sulfonamides is 1. The summed E-state index contributed by atoms with van der Waals surface area (Å²) in [7, 11) is -3.84. The Hall–Kier alpha value is -1.73. The third kappa shape index (κ3) is 3.30. The first-order valence-electron chi connectivity index (χ1n) is 6.54. The highest BCUT2D eigenvalue weighted by Crippen LogP contribution is 2.24. The number of nitrogens with one attached hydrogen (secondary N) is 1. The molecule has 1 saturated heterocycles. The molecule has 2 amide bonds. The minimum Gasteiger partial charge on any atom is -0.294 e. The van der Waals surface area contributed by atoms with E-state index in [1.807, 2.05) is 20.8 Å². The molecular formula is C14H18N2O4S. The third-order valence-electron chi connectivity index (χ3n) is 3.28. The summed E-state index contributed by atoms with van der Waals surface area (Å²) < 4.78 is 25.8. The number of piperazine rings is 1. The molecule has 7 heteroatoms. The zero-order chi connectivity index (χ0) is 15.8. The van der Waals surface area contributed by atoms with Gasteiger partial charge in [-0.25, -0.2) is 8.42 Å². The molecule has 1 N–H and O–H groups in total. The highest BCUT2D eigenvalue weighted by atomic mass is 32.2. The van der Waals surface area contributed by atoms with E-state index in [-0.39, 0.29) is 23.4 Å². The van der Waals surface area contributed by atoms with Crippen LogP contribution in [0.3, 0.4) is 0 Å². The molecule has 0 aromatic heterocycles. The summed E-state index contributed by atoms with van der Waals surface area (Å²) in [5, 5.41) is 2.08. The number of rotatable bonds is 2. The third-order valence-corrected chi connectivity index (χ3v) is 5.08. The van der Waals surface area contributed by atoms with Crippen LogP contribution in [0.1, 0.15) is 26.3 Å². The van der Waals surface area contributed by atoms with Crippen LogP contribution >= 0.6 is 0 Å². The van der Waals surface area contributed by atoms with Crippen LogP contribution in [0.25, 0.3) is 0 Å². The topological polar surface area (TPSA) is 83.6 Å². The maximum atomic E-state index is 12.4. The maximum absolute atomic E-state index is 12.4. The van der Waals surface area contributed by atoms with Gasteiger partial charge < -0.3 is 0 Å². The number of amides is 2. The van der Waals surface area contributed by atoms with Crippen molar-refractivity contribution >= 4 is 21.8 Å². The number of benzene rings is 1. The molecule has 1 aromatic rings. The minimum absolute atomic E-state index is 0.0801. The van der Waals surface area contributed by atoms with Gasteiger partial charge in [-0.05, 0) is 23.1 Å². The fourth-order valence-electron chi connectivity index (χ4n) is 2.06. The summed E-state index contributed by atoms with van der Waals surface area (Å²) in [6.45, 7) is 5.42. The zero-order valence-electron chi connectivity index (χ0n) is 12.2. The number of hydrogen-bond acceptors (Lipinski definition) is 4. The molecule has 0 atom stereocenters. The molecule has 1 fully saturated rings.